The fourth-order valence-corrected chi connectivity index (χ4v) is 1.97. The average molecular weight is 225 g/mol. The van der Waals surface area contributed by atoms with Crippen molar-refractivity contribution in [1.29, 1.82) is 0 Å². The summed E-state index contributed by atoms with van der Waals surface area (Å²) < 4.78 is 5.10. The minimum atomic E-state index is 0.571. The molecule has 0 radical (unpaired) electrons. The Morgan fingerprint density at radius 3 is 2.47 bits per heavy atom. The highest BCUT2D eigenvalue weighted by molar-refractivity contribution is 7.99. The molecule has 0 aliphatic carbocycles. The number of nitrogens with one attached hydrogen (secondary N) is 1. The van der Waals surface area contributed by atoms with E-state index in [1.165, 1.54) is 4.90 Å². The van der Waals surface area contributed by atoms with Gasteiger partial charge in [0.15, 0.2) is 0 Å². The van der Waals surface area contributed by atoms with Gasteiger partial charge in [-0.25, -0.2) is 0 Å². The van der Waals surface area contributed by atoms with Crippen molar-refractivity contribution in [3.05, 3.63) is 24.3 Å². The number of methoxy groups -OCH3 is 1. The first-order chi connectivity index (χ1) is 7.22. The fraction of sp³-hybridized carbons (Fsp3) is 0.500. The third-order valence-corrected chi connectivity index (χ3v) is 3.00. The summed E-state index contributed by atoms with van der Waals surface area (Å²) in [5.41, 5.74) is 0. The van der Waals surface area contributed by atoms with Crippen LogP contribution in [0.3, 0.4) is 0 Å². The summed E-state index contributed by atoms with van der Waals surface area (Å²) in [4.78, 5) is 1.29. The lowest BCUT2D eigenvalue weighted by atomic mass is 10.3. The topological polar surface area (TPSA) is 21.3 Å². The van der Waals surface area contributed by atoms with Crippen LogP contribution in [-0.4, -0.2) is 25.4 Å². The minimum absolute atomic E-state index is 0.571. The van der Waals surface area contributed by atoms with E-state index in [2.05, 4.69) is 31.3 Å². The Balaban J connectivity index is 2.25. The molecule has 0 heterocycles. The van der Waals surface area contributed by atoms with Gasteiger partial charge in [0.2, 0.25) is 0 Å². The van der Waals surface area contributed by atoms with Crippen LogP contribution in [0.2, 0.25) is 0 Å². The molecule has 1 aromatic rings. The SMILES string of the molecule is COc1ccc(SCCNC(C)C)cc1. The number of hydrogen-bond donors (Lipinski definition) is 1. The molecule has 0 spiro atoms. The molecule has 0 aliphatic heterocycles. The predicted molar refractivity (Wildman–Crippen MR) is 66.9 cm³/mol. The maximum absolute atomic E-state index is 5.10. The van der Waals surface area contributed by atoms with E-state index < -0.39 is 0 Å². The van der Waals surface area contributed by atoms with Crippen LogP contribution in [0.5, 0.6) is 5.75 Å². The lowest BCUT2D eigenvalue weighted by molar-refractivity contribution is 0.414. The monoisotopic (exact) mass is 225 g/mol. The molecule has 15 heavy (non-hydrogen) atoms. The number of hydrogen-bond acceptors (Lipinski definition) is 3. The highest BCUT2D eigenvalue weighted by atomic mass is 32.2. The van der Waals surface area contributed by atoms with Gasteiger partial charge in [-0.15, -0.1) is 11.8 Å². The van der Waals surface area contributed by atoms with Crippen molar-refractivity contribution in [2.75, 3.05) is 19.4 Å². The van der Waals surface area contributed by atoms with E-state index in [4.69, 9.17) is 4.74 Å². The van der Waals surface area contributed by atoms with E-state index in [0.717, 1.165) is 18.0 Å². The van der Waals surface area contributed by atoms with E-state index in [9.17, 15) is 0 Å². The predicted octanol–water partition coefficient (Wildman–Crippen LogP) is 2.79. The molecule has 0 atom stereocenters. The van der Waals surface area contributed by atoms with Crippen LogP contribution in [0, 0.1) is 0 Å². The largest absolute Gasteiger partial charge is 0.497 e. The van der Waals surface area contributed by atoms with E-state index in [-0.39, 0.29) is 0 Å². The first-order valence-corrected chi connectivity index (χ1v) is 6.21. The molecule has 0 saturated heterocycles. The Hall–Kier alpha value is -0.670. The molecule has 1 N–H and O–H groups in total. The summed E-state index contributed by atoms with van der Waals surface area (Å²) in [5, 5.41) is 3.39. The highest BCUT2D eigenvalue weighted by Crippen LogP contribution is 2.20. The molecule has 0 bridgehead atoms. The van der Waals surface area contributed by atoms with Crippen LogP contribution in [0.25, 0.3) is 0 Å². The van der Waals surface area contributed by atoms with E-state index >= 15 is 0 Å². The number of thioether (sulfide) groups is 1. The molecule has 0 unspecified atom stereocenters. The first-order valence-electron chi connectivity index (χ1n) is 5.22. The van der Waals surface area contributed by atoms with Gasteiger partial charge in [-0.1, -0.05) is 13.8 Å². The summed E-state index contributed by atoms with van der Waals surface area (Å²) in [6.07, 6.45) is 0. The van der Waals surface area contributed by atoms with Gasteiger partial charge in [0, 0.05) is 23.2 Å². The lowest BCUT2D eigenvalue weighted by Crippen LogP contribution is -2.24. The van der Waals surface area contributed by atoms with Gasteiger partial charge in [0.1, 0.15) is 5.75 Å². The summed E-state index contributed by atoms with van der Waals surface area (Å²) in [7, 11) is 1.69. The lowest BCUT2D eigenvalue weighted by Gasteiger charge is -2.07. The van der Waals surface area contributed by atoms with E-state index in [0.29, 0.717) is 6.04 Å². The van der Waals surface area contributed by atoms with Crippen molar-refractivity contribution >= 4 is 11.8 Å². The van der Waals surface area contributed by atoms with Crippen LogP contribution in [0.1, 0.15) is 13.8 Å². The van der Waals surface area contributed by atoms with Gasteiger partial charge >= 0.3 is 0 Å². The zero-order valence-electron chi connectivity index (χ0n) is 9.62. The maximum Gasteiger partial charge on any atom is 0.118 e. The zero-order valence-corrected chi connectivity index (χ0v) is 10.4. The summed E-state index contributed by atoms with van der Waals surface area (Å²) in [6, 6.07) is 8.76. The number of rotatable bonds is 6. The van der Waals surface area contributed by atoms with Crippen LogP contribution in [0.15, 0.2) is 29.2 Å². The molecule has 0 fully saturated rings. The standard InChI is InChI=1S/C12H19NOS/c1-10(2)13-8-9-15-12-6-4-11(14-3)5-7-12/h4-7,10,13H,8-9H2,1-3H3. The average Bonchev–Trinajstić information content (AvgIpc) is 2.25. The van der Waals surface area contributed by atoms with Gasteiger partial charge in [0.25, 0.3) is 0 Å². The van der Waals surface area contributed by atoms with Crippen LogP contribution in [-0.2, 0) is 0 Å². The third-order valence-electron chi connectivity index (χ3n) is 1.98. The summed E-state index contributed by atoms with van der Waals surface area (Å²) in [6.45, 7) is 5.38. The summed E-state index contributed by atoms with van der Waals surface area (Å²) >= 11 is 1.86. The van der Waals surface area contributed by atoms with Gasteiger partial charge in [-0.3, -0.25) is 0 Å². The van der Waals surface area contributed by atoms with Crippen molar-refractivity contribution in [1.82, 2.24) is 5.32 Å². The molecule has 0 saturated carbocycles. The van der Waals surface area contributed by atoms with Crippen molar-refractivity contribution in [3.8, 4) is 5.75 Å². The smallest absolute Gasteiger partial charge is 0.118 e. The zero-order chi connectivity index (χ0) is 11.1. The van der Waals surface area contributed by atoms with Gasteiger partial charge < -0.3 is 10.1 Å². The second kappa shape index (κ2) is 6.75. The Labute approximate surface area is 96.4 Å². The highest BCUT2D eigenvalue weighted by Gasteiger charge is 1.96. The van der Waals surface area contributed by atoms with Crippen molar-refractivity contribution in [2.45, 2.75) is 24.8 Å². The van der Waals surface area contributed by atoms with Crippen molar-refractivity contribution in [2.24, 2.45) is 0 Å². The second-order valence-electron chi connectivity index (χ2n) is 3.63. The quantitative estimate of drug-likeness (QED) is 0.594. The molecule has 1 aromatic carbocycles. The minimum Gasteiger partial charge on any atom is -0.497 e. The fourth-order valence-electron chi connectivity index (χ4n) is 1.19. The molecule has 2 nitrogen and oxygen atoms in total. The van der Waals surface area contributed by atoms with E-state index in [1.807, 2.05) is 23.9 Å². The second-order valence-corrected chi connectivity index (χ2v) is 4.80. The Kier molecular flexibility index (Phi) is 5.58. The Morgan fingerprint density at radius 2 is 1.93 bits per heavy atom. The summed E-state index contributed by atoms with van der Waals surface area (Å²) in [5.74, 6) is 2.02. The van der Waals surface area contributed by atoms with Crippen molar-refractivity contribution < 1.29 is 4.74 Å². The number of ether oxygens (including phenoxy) is 1. The molecule has 84 valence electrons. The van der Waals surface area contributed by atoms with Crippen LogP contribution >= 0.6 is 11.8 Å². The third kappa shape index (κ3) is 5.09. The Morgan fingerprint density at radius 1 is 1.27 bits per heavy atom. The molecule has 0 aromatic heterocycles. The molecule has 3 heteroatoms. The number of benzene rings is 1. The molecular weight excluding hydrogens is 206 g/mol. The molecular formula is C12H19NOS. The molecule has 0 aliphatic rings. The van der Waals surface area contributed by atoms with Gasteiger partial charge in [-0.05, 0) is 24.3 Å². The molecule has 1 rings (SSSR count). The maximum atomic E-state index is 5.10. The van der Waals surface area contributed by atoms with Crippen LogP contribution in [0.4, 0.5) is 0 Å². The first kappa shape index (κ1) is 12.4. The normalized spacial score (nSPS) is 10.7. The Bertz CT molecular complexity index is 271. The van der Waals surface area contributed by atoms with Crippen LogP contribution < -0.4 is 10.1 Å². The molecule has 0 amide bonds. The van der Waals surface area contributed by atoms with Crippen molar-refractivity contribution in [3.63, 3.8) is 0 Å². The van der Waals surface area contributed by atoms with Gasteiger partial charge in [0.05, 0.1) is 7.11 Å². The van der Waals surface area contributed by atoms with Gasteiger partial charge in [-0.2, -0.15) is 0 Å². The van der Waals surface area contributed by atoms with E-state index in [1.54, 1.807) is 7.11 Å².